The van der Waals surface area contributed by atoms with E-state index >= 15 is 0 Å². The summed E-state index contributed by atoms with van der Waals surface area (Å²) in [5, 5.41) is 11.5. The van der Waals surface area contributed by atoms with Crippen molar-refractivity contribution in [1.29, 1.82) is 0 Å². The van der Waals surface area contributed by atoms with E-state index in [-0.39, 0.29) is 48.1 Å². The molecule has 0 aliphatic heterocycles. The fourth-order valence-electron chi connectivity index (χ4n) is 3.03. The summed E-state index contributed by atoms with van der Waals surface area (Å²) in [7, 11) is -3.85. The summed E-state index contributed by atoms with van der Waals surface area (Å²) in [6.45, 7) is 12.7. The summed E-state index contributed by atoms with van der Waals surface area (Å²) in [5.74, 6) is 0.130. The number of hydrogen-bond donors (Lipinski definition) is 0. The molecule has 0 bridgehead atoms. The van der Waals surface area contributed by atoms with E-state index in [1.165, 1.54) is 16.4 Å². The molecule has 30 heavy (non-hydrogen) atoms. The Balaban J connectivity index is 3.10. The van der Waals surface area contributed by atoms with Gasteiger partial charge in [0.2, 0.25) is 10.0 Å². The second kappa shape index (κ2) is 11.3. The maximum absolute atomic E-state index is 12.6. The van der Waals surface area contributed by atoms with E-state index in [1.54, 1.807) is 18.7 Å². The molecule has 0 spiro atoms. The topological polar surface area (TPSA) is 110 Å². The SMILES string of the molecule is CCN(CC)S(=O)(=O)c1ccc(OCC(=O)N(CC(C)C)CC(C)C)c([N+](=O)[O-])c1. The van der Waals surface area contributed by atoms with E-state index < -0.39 is 20.6 Å². The number of hydrogen-bond acceptors (Lipinski definition) is 6. The predicted molar refractivity (Wildman–Crippen MR) is 115 cm³/mol. The summed E-state index contributed by atoms with van der Waals surface area (Å²) in [4.78, 5) is 24.9. The Morgan fingerprint density at radius 1 is 1.10 bits per heavy atom. The summed E-state index contributed by atoms with van der Waals surface area (Å²) in [6.07, 6.45) is 0. The van der Waals surface area contributed by atoms with Gasteiger partial charge in [0.05, 0.1) is 9.82 Å². The summed E-state index contributed by atoms with van der Waals surface area (Å²) >= 11 is 0. The summed E-state index contributed by atoms with van der Waals surface area (Å²) in [6, 6.07) is 3.48. The lowest BCUT2D eigenvalue weighted by molar-refractivity contribution is -0.386. The van der Waals surface area contributed by atoms with Crippen molar-refractivity contribution < 1.29 is 22.9 Å². The molecule has 170 valence electrons. The van der Waals surface area contributed by atoms with Crippen molar-refractivity contribution in [2.45, 2.75) is 46.4 Å². The molecule has 0 saturated carbocycles. The lowest BCUT2D eigenvalue weighted by atomic mass is 10.1. The highest BCUT2D eigenvalue weighted by Gasteiger charge is 2.27. The van der Waals surface area contributed by atoms with Crippen molar-refractivity contribution in [3.63, 3.8) is 0 Å². The van der Waals surface area contributed by atoms with Crippen molar-refractivity contribution >= 4 is 21.6 Å². The molecule has 1 rings (SSSR count). The molecule has 10 heteroatoms. The lowest BCUT2D eigenvalue weighted by Crippen LogP contribution is -2.39. The van der Waals surface area contributed by atoms with Crippen LogP contribution in [0.4, 0.5) is 5.69 Å². The van der Waals surface area contributed by atoms with Gasteiger partial charge in [-0.15, -0.1) is 0 Å². The zero-order valence-corrected chi connectivity index (χ0v) is 19.4. The lowest BCUT2D eigenvalue weighted by Gasteiger charge is -2.26. The second-order valence-electron chi connectivity index (χ2n) is 7.85. The van der Waals surface area contributed by atoms with E-state index in [4.69, 9.17) is 4.74 Å². The van der Waals surface area contributed by atoms with Crippen LogP contribution in [-0.2, 0) is 14.8 Å². The minimum atomic E-state index is -3.85. The van der Waals surface area contributed by atoms with Crippen LogP contribution in [-0.4, -0.2) is 61.2 Å². The van der Waals surface area contributed by atoms with Crippen molar-refractivity contribution in [2.75, 3.05) is 32.8 Å². The van der Waals surface area contributed by atoms with Crippen molar-refractivity contribution in [1.82, 2.24) is 9.21 Å². The van der Waals surface area contributed by atoms with Gasteiger partial charge in [0.25, 0.3) is 5.91 Å². The Bertz CT molecular complexity index is 825. The highest BCUT2D eigenvalue weighted by Crippen LogP contribution is 2.31. The van der Waals surface area contributed by atoms with Crippen LogP contribution in [0.1, 0.15) is 41.5 Å². The third kappa shape index (κ3) is 6.94. The van der Waals surface area contributed by atoms with Gasteiger partial charge in [0, 0.05) is 32.2 Å². The molecule has 0 heterocycles. The van der Waals surface area contributed by atoms with Gasteiger partial charge in [-0.25, -0.2) is 8.42 Å². The maximum Gasteiger partial charge on any atom is 0.312 e. The van der Waals surface area contributed by atoms with Crippen LogP contribution in [0.15, 0.2) is 23.1 Å². The first kappa shape index (κ1) is 25.8. The second-order valence-corrected chi connectivity index (χ2v) is 9.79. The van der Waals surface area contributed by atoms with Crippen LogP contribution in [0, 0.1) is 22.0 Å². The number of rotatable bonds is 12. The molecule has 0 atom stereocenters. The first-order valence-electron chi connectivity index (χ1n) is 10.1. The first-order valence-corrected chi connectivity index (χ1v) is 11.6. The number of ether oxygens (including phenoxy) is 1. The number of nitrogens with zero attached hydrogens (tertiary/aromatic N) is 3. The number of benzene rings is 1. The fraction of sp³-hybridized carbons (Fsp3) is 0.650. The van der Waals surface area contributed by atoms with Crippen molar-refractivity contribution in [2.24, 2.45) is 11.8 Å². The van der Waals surface area contributed by atoms with Crippen LogP contribution in [0.3, 0.4) is 0 Å². The maximum atomic E-state index is 12.6. The molecule has 0 aliphatic carbocycles. The zero-order chi connectivity index (χ0) is 23.1. The number of amides is 1. The summed E-state index contributed by atoms with van der Waals surface area (Å²) < 4.78 is 31.9. The Labute approximate surface area is 179 Å². The molecular weight excluding hydrogens is 410 g/mol. The van der Waals surface area contributed by atoms with Gasteiger partial charge in [-0.3, -0.25) is 14.9 Å². The number of sulfonamides is 1. The molecule has 1 aromatic rings. The monoisotopic (exact) mass is 443 g/mol. The highest BCUT2D eigenvalue weighted by molar-refractivity contribution is 7.89. The van der Waals surface area contributed by atoms with Crippen LogP contribution in [0.25, 0.3) is 0 Å². The third-order valence-electron chi connectivity index (χ3n) is 4.35. The molecule has 0 fully saturated rings. The fourth-order valence-corrected chi connectivity index (χ4v) is 4.50. The summed E-state index contributed by atoms with van der Waals surface area (Å²) in [5.41, 5.74) is -0.490. The van der Waals surface area contributed by atoms with Gasteiger partial charge in [-0.1, -0.05) is 41.5 Å². The van der Waals surface area contributed by atoms with Crippen LogP contribution >= 0.6 is 0 Å². The van der Waals surface area contributed by atoms with E-state index in [2.05, 4.69) is 0 Å². The standard InChI is InChI=1S/C20H33N3O6S/c1-7-22(8-2)30(27,28)17-9-10-19(18(11-17)23(25)26)29-14-20(24)21(12-15(3)4)13-16(5)6/h9-11,15-16H,7-8,12-14H2,1-6H3. The van der Waals surface area contributed by atoms with E-state index in [0.717, 1.165) is 6.07 Å². The normalized spacial score (nSPS) is 11.9. The Hall–Kier alpha value is -2.20. The van der Waals surface area contributed by atoms with E-state index in [9.17, 15) is 23.3 Å². The molecule has 0 aliphatic rings. The molecule has 1 aromatic carbocycles. The molecular formula is C20H33N3O6S. The third-order valence-corrected chi connectivity index (χ3v) is 6.39. The molecule has 0 radical (unpaired) electrons. The van der Waals surface area contributed by atoms with Crippen LogP contribution in [0.2, 0.25) is 0 Å². The number of carbonyl (C=O) groups is 1. The van der Waals surface area contributed by atoms with Crippen molar-refractivity contribution in [3.8, 4) is 5.75 Å². The van der Waals surface area contributed by atoms with Gasteiger partial charge < -0.3 is 9.64 Å². The van der Waals surface area contributed by atoms with E-state index in [0.29, 0.717) is 13.1 Å². The number of nitro groups is 1. The minimum absolute atomic E-state index is 0.138. The van der Waals surface area contributed by atoms with Crippen LogP contribution < -0.4 is 4.74 Å². The average Bonchev–Trinajstić information content (AvgIpc) is 2.65. The molecule has 0 saturated heterocycles. The number of nitro benzene ring substituents is 1. The molecule has 0 N–H and O–H groups in total. The molecule has 0 aromatic heterocycles. The molecule has 1 amide bonds. The quantitative estimate of drug-likeness (QED) is 0.362. The van der Waals surface area contributed by atoms with Crippen molar-refractivity contribution in [3.05, 3.63) is 28.3 Å². The van der Waals surface area contributed by atoms with Crippen LogP contribution in [0.5, 0.6) is 5.75 Å². The zero-order valence-electron chi connectivity index (χ0n) is 18.6. The van der Waals surface area contributed by atoms with Gasteiger partial charge in [0.1, 0.15) is 0 Å². The highest BCUT2D eigenvalue weighted by atomic mass is 32.2. The van der Waals surface area contributed by atoms with Gasteiger partial charge in [0.15, 0.2) is 12.4 Å². The largest absolute Gasteiger partial charge is 0.477 e. The average molecular weight is 444 g/mol. The number of carbonyl (C=O) groups excluding carboxylic acids is 1. The van der Waals surface area contributed by atoms with Gasteiger partial charge >= 0.3 is 5.69 Å². The predicted octanol–water partition coefficient (Wildman–Crippen LogP) is 3.14. The smallest absolute Gasteiger partial charge is 0.312 e. The Morgan fingerprint density at radius 2 is 1.63 bits per heavy atom. The van der Waals surface area contributed by atoms with E-state index in [1.807, 2.05) is 27.7 Å². The minimum Gasteiger partial charge on any atom is -0.477 e. The molecule has 9 nitrogen and oxygen atoms in total. The van der Waals surface area contributed by atoms with Gasteiger partial charge in [-0.2, -0.15) is 4.31 Å². The Morgan fingerprint density at radius 3 is 2.07 bits per heavy atom. The Kier molecular flexibility index (Phi) is 9.70. The van der Waals surface area contributed by atoms with Gasteiger partial charge in [-0.05, 0) is 24.0 Å². The first-order chi connectivity index (χ1) is 13.9. The molecule has 0 unspecified atom stereocenters.